The van der Waals surface area contributed by atoms with E-state index in [0.717, 1.165) is 67.0 Å². The van der Waals surface area contributed by atoms with Crippen molar-refractivity contribution in [3.05, 3.63) is 236 Å². The lowest BCUT2D eigenvalue weighted by Gasteiger charge is -2.29. The van der Waals surface area contributed by atoms with Crippen LogP contribution in [0.5, 0.6) is 0 Å². The Labute approximate surface area is 367 Å². The Morgan fingerprint density at radius 1 is 0.413 bits per heavy atom. The SMILES string of the molecule is CC1(C)c2ccccc2-c2ccc(N(c3ccc(-c4ccc5ccccc5c4)cc3)c3cccc4c3cc(-c3ccccc3)n3nc(-c5ccccc5)c(-c5ccccc5)c43)cc21. The Morgan fingerprint density at radius 2 is 1.03 bits per heavy atom. The normalized spacial score (nSPS) is 12.7. The predicted octanol–water partition coefficient (Wildman–Crippen LogP) is 16.1. The van der Waals surface area contributed by atoms with E-state index in [2.05, 4.69) is 248 Å². The van der Waals surface area contributed by atoms with Gasteiger partial charge in [0.05, 0.1) is 16.9 Å². The number of anilines is 3. The Balaban J connectivity index is 1.14. The van der Waals surface area contributed by atoms with Crippen LogP contribution in [0.4, 0.5) is 17.1 Å². The van der Waals surface area contributed by atoms with Crippen molar-refractivity contribution in [1.82, 2.24) is 9.61 Å². The zero-order valence-electron chi connectivity index (χ0n) is 35.2. The average Bonchev–Trinajstić information content (AvgIpc) is 3.86. The van der Waals surface area contributed by atoms with Gasteiger partial charge in [-0.25, -0.2) is 4.52 Å². The van der Waals surface area contributed by atoms with Crippen molar-refractivity contribution in [3.63, 3.8) is 0 Å². The molecule has 0 spiro atoms. The largest absolute Gasteiger partial charge is 0.310 e. The topological polar surface area (TPSA) is 20.5 Å². The van der Waals surface area contributed by atoms with E-state index in [4.69, 9.17) is 5.10 Å². The van der Waals surface area contributed by atoms with Gasteiger partial charge in [0.15, 0.2) is 0 Å². The Kier molecular flexibility index (Phi) is 8.52. The van der Waals surface area contributed by atoms with Crippen LogP contribution in [0.25, 0.3) is 83.0 Å². The van der Waals surface area contributed by atoms with E-state index in [9.17, 15) is 0 Å². The third-order valence-corrected chi connectivity index (χ3v) is 13.2. The molecule has 12 rings (SSSR count). The van der Waals surface area contributed by atoms with E-state index in [1.54, 1.807) is 0 Å². The van der Waals surface area contributed by atoms with Crippen LogP contribution in [0.15, 0.2) is 224 Å². The van der Waals surface area contributed by atoms with Gasteiger partial charge in [-0.2, -0.15) is 5.10 Å². The summed E-state index contributed by atoms with van der Waals surface area (Å²) in [6.07, 6.45) is 0. The summed E-state index contributed by atoms with van der Waals surface area (Å²) in [7, 11) is 0. The molecule has 1 aliphatic rings. The molecule has 0 saturated carbocycles. The molecule has 2 heterocycles. The minimum Gasteiger partial charge on any atom is -0.310 e. The van der Waals surface area contributed by atoms with Gasteiger partial charge in [0.2, 0.25) is 0 Å². The molecule has 0 radical (unpaired) electrons. The summed E-state index contributed by atoms with van der Waals surface area (Å²) < 4.78 is 2.18. The molecular formula is C60H43N3. The lowest BCUT2D eigenvalue weighted by Crippen LogP contribution is -2.16. The molecule has 0 fully saturated rings. The summed E-state index contributed by atoms with van der Waals surface area (Å²) in [5.41, 5.74) is 18.3. The van der Waals surface area contributed by atoms with Crippen molar-refractivity contribution >= 4 is 44.1 Å². The highest BCUT2D eigenvalue weighted by molar-refractivity contribution is 6.13. The van der Waals surface area contributed by atoms with Gasteiger partial charge in [-0.1, -0.05) is 196 Å². The highest BCUT2D eigenvalue weighted by Crippen LogP contribution is 2.52. The number of pyridine rings is 1. The summed E-state index contributed by atoms with van der Waals surface area (Å²) in [4.78, 5) is 2.47. The van der Waals surface area contributed by atoms with Gasteiger partial charge in [-0.05, 0) is 92.2 Å². The molecule has 0 unspecified atom stereocenters. The van der Waals surface area contributed by atoms with E-state index in [0.29, 0.717) is 0 Å². The first-order chi connectivity index (χ1) is 31.0. The summed E-state index contributed by atoms with van der Waals surface area (Å²) in [6.45, 7) is 4.72. The van der Waals surface area contributed by atoms with Crippen LogP contribution in [0.2, 0.25) is 0 Å². The zero-order valence-corrected chi connectivity index (χ0v) is 35.2. The molecule has 0 N–H and O–H groups in total. The molecule has 2 aromatic heterocycles. The van der Waals surface area contributed by atoms with E-state index >= 15 is 0 Å². The number of hydrogen-bond donors (Lipinski definition) is 0. The van der Waals surface area contributed by atoms with Gasteiger partial charge >= 0.3 is 0 Å². The van der Waals surface area contributed by atoms with Crippen molar-refractivity contribution in [1.29, 1.82) is 0 Å². The number of benzene rings is 9. The van der Waals surface area contributed by atoms with Crippen molar-refractivity contribution in [2.45, 2.75) is 19.3 Å². The minimum atomic E-state index is -0.158. The fourth-order valence-corrected chi connectivity index (χ4v) is 10.1. The first-order valence-corrected chi connectivity index (χ1v) is 21.8. The fraction of sp³-hybridized carbons (Fsp3) is 0.0500. The maximum Gasteiger partial charge on any atom is 0.101 e. The summed E-state index contributed by atoms with van der Waals surface area (Å²) in [6, 6.07) is 81.6. The molecule has 9 aromatic carbocycles. The maximum absolute atomic E-state index is 5.51. The molecule has 11 aromatic rings. The van der Waals surface area contributed by atoms with Crippen LogP contribution in [-0.2, 0) is 5.41 Å². The number of fused-ring (bicyclic) bond motifs is 7. The van der Waals surface area contributed by atoms with Crippen molar-refractivity contribution in [2.75, 3.05) is 4.90 Å². The molecule has 298 valence electrons. The standard InChI is InChI=1S/C60H43N3/c1-60(2)53-27-15-14-25-49(53)50-36-35-48(38-54(50)60)62(47-33-31-41(32-34-47)46-30-29-40-17-12-13-24-45(40)37-46)55-28-16-26-51-52(55)39-56(42-18-6-3-7-19-42)63-59(51)57(43-20-8-4-9-21-43)58(61-63)44-22-10-5-11-23-44/h3-39H,1-2H3. The van der Waals surface area contributed by atoms with Crippen molar-refractivity contribution in [3.8, 4) is 55.9 Å². The Hall–Kier alpha value is -8.01. The molecule has 0 saturated heterocycles. The molecule has 3 heteroatoms. The van der Waals surface area contributed by atoms with E-state index in [1.165, 1.54) is 44.2 Å². The number of aromatic nitrogens is 2. The number of nitrogens with zero attached hydrogens (tertiary/aromatic N) is 3. The highest BCUT2D eigenvalue weighted by atomic mass is 15.2. The average molecular weight is 806 g/mol. The maximum atomic E-state index is 5.51. The van der Waals surface area contributed by atoms with Crippen molar-refractivity contribution in [2.24, 2.45) is 0 Å². The van der Waals surface area contributed by atoms with Crippen LogP contribution >= 0.6 is 0 Å². The Morgan fingerprint density at radius 3 is 1.79 bits per heavy atom. The second-order valence-corrected chi connectivity index (χ2v) is 17.2. The van der Waals surface area contributed by atoms with Gasteiger partial charge in [0.25, 0.3) is 0 Å². The Bertz CT molecular complexity index is 3510. The first kappa shape index (κ1) is 36.8. The number of hydrogen-bond acceptors (Lipinski definition) is 2. The van der Waals surface area contributed by atoms with Gasteiger partial charge in [0, 0.05) is 44.3 Å². The molecule has 63 heavy (non-hydrogen) atoms. The van der Waals surface area contributed by atoms with Crippen LogP contribution in [0.3, 0.4) is 0 Å². The van der Waals surface area contributed by atoms with Crippen LogP contribution < -0.4 is 4.90 Å². The van der Waals surface area contributed by atoms with Crippen LogP contribution in [-0.4, -0.2) is 9.61 Å². The van der Waals surface area contributed by atoms with E-state index in [1.807, 2.05) is 0 Å². The van der Waals surface area contributed by atoms with E-state index < -0.39 is 0 Å². The van der Waals surface area contributed by atoms with Crippen molar-refractivity contribution < 1.29 is 0 Å². The predicted molar refractivity (Wildman–Crippen MR) is 264 cm³/mol. The van der Waals surface area contributed by atoms with Gasteiger partial charge < -0.3 is 4.90 Å². The van der Waals surface area contributed by atoms with Crippen LogP contribution in [0, 0.1) is 0 Å². The molecule has 0 bridgehead atoms. The molecule has 0 atom stereocenters. The third-order valence-electron chi connectivity index (χ3n) is 13.2. The zero-order chi connectivity index (χ0) is 42.1. The summed E-state index contributed by atoms with van der Waals surface area (Å²) >= 11 is 0. The smallest absolute Gasteiger partial charge is 0.101 e. The quantitative estimate of drug-likeness (QED) is 0.160. The molecule has 0 amide bonds. The first-order valence-electron chi connectivity index (χ1n) is 21.8. The monoisotopic (exact) mass is 805 g/mol. The van der Waals surface area contributed by atoms with Gasteiger partial charge in [0.1, 0.15) is 5.69 Å². The third kappa shape index (κ3) is 6.00. The highest BCUT2D eigenvalue weighted by Gasteiger charge is 2.36. The van der Waals surface area contributed by atoms with Gasteiger partial charge in [-0.3, -0.25) is 0 Å². The number of rotatable bonds is 7. The lowest BCUT2D eigenvalue weighted by molar-refractivity contribution is 0.660. The minimum absolute atomic E-state index is 0.158. The summed E-state index contributed by atoms with van der Waals surface area (Å²) in [5, 5.41) is 10.3. The van der Waals surface area contributed by atoms with Crippen LogP contribution in [0.1, 0.15) is 25.0 Å². The lowest BCUT2D eigenvalue weighted by atomic mass is 9.82. The summed E-state index contributed by atoms with van der Waals surface area (Å²) in [5.74, 6) is 0. The molecule has 0 aliphatic heterocycles. The van der Waals surface area contributed by atoms with Gasteiger partial charge in [-0.15, -0.1) is 0 Å². The molecule has 1 aliphatic carbocycles. The molecular weight excluding hydrogens is 763 g/mol. The second kappa shape index (κ2) is 14.6. The molecule has 3 nitrogen and oxygen atoms in total. The fourth-order valence-electron chi connectivity index (χ4n) is 10.1. The second-order valence-electron chi connectivity index (χ2n) is 17.2. The van der Waals surface area contributed by atoms with E-state index in [-0.39, 0.29) is 5.41 Å².